The van der Waals surface area contributed by atoms with Gasteiger partial charge in [0.25, 0.3) is 11.7 Å². The zero-order valence-electron chi connectivity index (χ0n) is 20.6. The summed E-state index contributed by atoms with van der Waals surface area (Å²) in [6.07, 6.45) is 0. The Bertz CT molecular complexity index is 1290. The zero-order valence-corrected chi connectivity index (χ0v) is 21.3. The molecule has 7 heteroatoms. The van der Waals surface area contributed by atoms with Crippen LogP contribution in [-0.4, -0.2) is 53.8 Å². The van der Waals surface area contributed by atoms with Crippen molar-refractivity contribution in [2.75, 3.05) is 27.2 Å². The summed E-state index contributed by atoms with van der Waals surface area (Å²) in [5, 5.41) is 11.9. The highest BCUT2D eigenvalue weighted by atomic mass is 35.5. The molecule has 1 aliphatic heterocycles. The number of Topliss-reactive ketones (excluding diaryl/α,β-unsaturated/α-hetero) is 1. The number of hydrogen-bond donors (Lipinski definition) is 1. The van der Waals surface area contributed by atoms with E-state index in [0.29, 0.717) is 41.6 Å². The number of halogens is 1. The van der Waals surface area contributed by atoms with Gasteiger partial charge in [-0.1, -0.05) is 54.1 Å². The van der Waals surface area contributed by atoms with Crippen molar-refractivity contribution >= 4 is 29.1 Å². The van der Waals surface area contributed by atoms with Gasteiger partial charge < -0.3 is 19.6 Å². The highest BCUT2D eigenvalue weighted by Crippen LogP contribution is 2.40. The number of ether oxygens (including phenoxy) is 1. The predicted octanol–water partition coefficient (Wildman–Crippen LogP) is 5.21. The Balaban J connectivity index is 1.70. The Hall–Kier alpha value is -3.61. The van der Waals surface area contributed by atoms with Crippen LogP contribution in [0.15, 0.2) is 78.4 Å². The van der Waals surface area contributed by atoms with E-state index in [-0.39, 0.29) is 11.3 Å². The molecule has 0 radical (unpaired) electrons. The van der Waals surface area contributed by atoms with Crippen LogP contribution in [0.5, 0.6) is 5.75 Å². The molecule has 1 N–H and O–H groups in total. The van der Waals surface area contributed by atoms with Crippen LogP contribution in [0.2, 0.25) is 5.02 Å². The van der Waals surface area contributed by atoms with Crippen molar-refractivity contribution in [1.29, 1.82) is 0 Å². The van der Waals surface area contributed by atoms with Crippen molar-refractivity contribution in [2.45, 2.75) is 19.6 Å². The Labute approximate surface area is 216 Å². The number of likely N-dealkylation sites (tertiary alicyclic amines) is 1. The van der Waals surface area contributed by atoms with Crippen LogP contribution in [0.1, 0.15) is 28.3 Å². The lowest BCUT2D eigenvalue weighted by Crippen LogP contribution is -2.35. The van der Waals surface area contributed by atoms with E-state index >= 15 is 0 Å². The average molecular weight is 505 g/mol. The van der Waals surface area contributed by atoms with E-state index in [0.717, 1.165) is 11.1 Å². The third-order valence-corrected chi connectivity index (χ3v) is 6.47. The molecule has 0 spiro atoms. The second-order valence-electron chi connectivity index (χ2n) is 9.10. The molecule has 0 bridgehead atoms. The molecule has 36 heavy (non-hydrogen) atoms. The van der Waals surface area contributed by atoms with Crippen LogP contribution in [0.3, 0.4) is 0 Å². The standard InChI is InChI=1S/C29H29ClN2O4/c1-19-17-23(36-18-20-7-5-4-6-8-20)13-14-24(19)27(33)25-26(21-9-11-22(30)12-10-21)32(16-15-31(2)3)29(35)28(25)34/h4-14,17,26,33H,15-16,18H2,1-3H3/b27-25+/t26-/m1/s1. The molecule has 0 aliphatic carbocycles. The van der Waals surface area contributed by atoms with Crippen molar-refractivity contribution in [1.82, 2.24) is 9.80 Å². The number of likely N-dealkylation sites (N-methyl/N-ethyl adjacent to an activating group) is 1. The first-order valence-corrected chi connectivity index (χ1v) is 12.1. The highest BCUT2D eigenvalue weighted by Gasteiger charge is 2.46. The number of carbonyl (C=O) groups excluding carboxylic acids is 2. The molecule has 3 aromatic rings. The second-order valence-corrected chi connectivity index (χ2v) is 9.53. The Morgan fingerprint density at radius 3 is 2.36 bits per heavy atom. The first-order chi connectivity index (χ1) is 17.3. The van der Waals surface area contributed by atoms with Gasteiger partial charge in [-0.25, -0.2) is 0 Å². The largest absolute Gasteiger partial charge is 0.507 e. The summed E-state index contributed by atoms with van der Waals surface area (Å²) in [5.41, 5.74) is 3.03. The molecule has 1 heterocycles. The lowest BCUT2D eigenvalue weighted by Gasteiger charge is -2.26. The first kappa shape index (κ1) is 25.5. The van der Waals surface area contributed by atoms with E-state index in [2.05, 4.69) is 0 Å². The van der Waals surface area contributed by atoms with E-state index in [4.69, 9.17) is 16.3 Å². The van der Waals surface area contributed by atoms with Crippen LogP contribution < -0.4 is 4.74 Å². The normalized spacial score (nSPS) is 17.1. The lowest BCUT2D eigenvalue weighted by molar-refractivity contribution is -0.140. The molecule has 186 valence electrons. The van der Waals surface area contributed by atoms with Gasteiger partial charge in [0.15, 0.2) is 0 Å². The molecule has 4 rings (SSSR count). The van der Waals surface area contributed by atoms with Crippen molar-refractivity contribution in [3.8, 4) is 5.75 Å². The van der Waals surface area contributed by atoms with Crippen molar-refractivity contribution in [3.05, 3.63) is 106 Å². The van der Waals surface area contributed by atoms with Gasteiger partial charge in [-0.15, -0.1) is 0 Å². The predicted molar refractivity (Wildman–Crippen MR) is 141 cm³/mol. The van der Waals surface area contributed by atoms with Gasteiger partial charge in [-0.05, 0) is 68.0 Å². The van der Waals surface area contributed by atoms with Gasteiger partial charge in [0.2, 0.25) is 0 Å². The van der Waals surface area contributed by atoms with Gasteiger partial charge in [0.1, 0.15) is 18.1 Å². The maximum absolute atomic E-state index is 13.2. The number of carbonyl (C=O) groups is 2. The van der Waals surface area contributed by atoms with E-state index in [1.807, 2.05) is 62.3 Å². The van der Waals surface area contributed by atoms with E-state index in [1.54, 1.807) is 36.4 Å². The number of aryl methyl sites for hydroxylation is 1. The van der Waals surface area contributed by atoms with E-state index < -0.39 is 17.7 Å². The van der Waals surface area contributed by atoms with Crippen molar-refractivity contribution in [3.63, 3.8) is 0 Å². The number of aliphatic hydroxyl groups excluding tert-OH is 1. The number of hydrogen-bond acceptors (Lipinski definition) is 5. The average Bonchev–Trinajstić information content (AvgIpc) is 3.12. The third-order valence-electron chi connectivity index (χ3n) is 6.22. The maximum atomic E-state index is 13.2. The molecule has 0 unspecified atom stereocenters. The monoisotopic (exact) mass is 504 g/mol. The SMILES string of the molecule is Cc1cc(OCc2ccccc2)ccc1/C(O)=C1\C(=O)C(=O)N(CCN(C)C)[C@@H]1c1ccc(Cl)cc1. The van der Waals surface area contributed by atoms with Crippen molar-refractivity contribution < 1.29 is 19.4 Å². The number of ketones is 1. The molecular weight excluding hydrogens is 476 g/mol. The summed E-state index contributed by atoms with van der Waals surface area (Å²) in [5.74, 6) is -0.879. The van der Waals surface area contributed by atoms with E-state index in [1.165, 1.54) is 4.90 Å². The molecule has 1 aliphatic rings. The van der Waals surface area contributed by atoms with Crippen LogP contribution >= 0.6 is 11.6 Å². The Kier molecular flexibility index (Phi) is 7.77. The fraction of sp³-hybridized carbons (Fsp3) is 0.241. The fourth-order valence-corrected chi connectivity index (χ4v) is 4.41. The fourth-order valence-electron chi connectivity index (χ4n) is 4.29. The molecule has 0 aromatic heterocycles. The minimum atomic E-state index is -0.712. The summed E-state index contributed by atoms with van der Waals surface area (Å²) < 4.78 is 5.90. The molecule has 0 saturated carbocycles. The van der Waals surface area contributed by atoms with Gasteiger partial charge in [-0.2, -0.15) is 0 Å². The van der Waals surface area contributed by atoms with Gasteiger partial charge in [0, 0.05) is 23.7 Å². The molecule has 1 atom stereocenters. The minimum Gasteiger partial charge on any atom is -0.507 e. The summed E-state index contributed by atoms with van der Waals surface area (Å²) in [6.45, 7) is 3.17. The van der Waals surface area contributed by atoms with Crippen LogP contribution in [0.4, 0.5) is 0 Å². The van der Waals surface area contributed by atoms with Gasteiger partial charge in [0.05, 0.1) is 11.6 Å². The van der Waals surface area contributed by atoms with E-state index in [9.17, 15) is 14.7 Å². The summed E-state index contributed by atoms with van der Waals surface area (Å²) in [7, 11) is 3.80. The number of benzene rings is 3. The smallest absolute Gasteiger partial charge is 0.295 e. The van der Waals surface area contributed by atoms with Gasteiger partial charge in [-0.3, -0.25) is 9.59 Å². The van der Waals surface area contributed by atoms with Crippen LogP contribution in [-0.2, 0) is 16.2 Å². The number of amides is 1. The molecule has 1 saturated heterocycles. The van der Waals surface area contributed by atoms with Crippen LogP contribution in [0.25, 0.3) is 5.76 Å². The second kappa shape index (κ2) is 11.0. The Morgan fingerprint density at radius 1 is 1.03 bits per heavy atom. The quantitative estimate of drug-likeness (QED) is 0.259. The molecule has 3 aromatic carbocycles. The van der Waals surface area contributed by atoms with Gasteiger partial charge >= 0.3 is 0 Å². The lowest BCUT2D eigenvalue weighted by atomic mass is 9.94. The highest BCUT2D eigenvalue weighted by molar-refractivity contribution is 6.46. The molecule has 6 nitrogen and oxygen atoms in total. The number of rotatable bonds is 8. The minimum absolute atomic E-state index is 0.0714. The molecule has 1 fully saturated rings. The maximum Gasteiger partial charge on any atom is 0.295 e. The summed E-state index contributed by atoms with van der Waals surface area (Å²) >= 11 is 6.08. The summed E-state index contributed by atoms with van der Waals surface area (Å²) in [4.78, 5) is 29.7. The Morgan fingerprint density at radius 2 is 1.72 bits per heavy atom. The third kappa shape index (κ3) is 5.45. The van der Waals surface area contributed by atoms with Crippen LogP contribution in [0, 0.1) is 6.92 Å². The summed E-state index contributed by atoms with van der Waals surface area (Å²) in [6, 6.07) is 21.4. The number of nitrogens with zero attached hydrogens (tertiary/aromatic N) is 2. The van der Waals surface area contributed by atoms with Crippen molar-refractivity contribution in [2.24, 2.45) is 0 Å². The molecular formula is C29H29ClN2O4. The first-order valence-electron chi connectivity index (χ1n) is 11.7. The zero-order chi connectivity index (χ0) is 25.8. The number of aliphatic hydroxyl groups is 1. The topological polar surface area (TPSA) is 70.1 Å². The molecule has 1 amide bonds.